The zero-order valence-corrected chi connectivity index (χ0v) is 13.3. The van der Waals surface area contributed by atoms with Crippen molar-refractivity contribution in [3.63, 3.8) is 0 Å². The molecule has 0 bridgehead atoms. The van der Waals surface area contributed by atoms with Gasteiger partial charge in [0.1, 0.15) is 12.3 Å². The third-order valence-corrected chi connectivity index (χ3v) is 3.82. The highest BCUT2D eigenvalue weighted by Crippen LogP contribution is 2.14. The monoisotopic (exact) mass is 284 g/mol. The molecule has 2 rings (SSSR count). The number of quaternary nitrogens is 1. The van der Waals surface area contributed by atoms with Gasteiger partial charge in [0.25, 0.3) is 0 Å². The van der Waals surface area contributed by atoms with Crippen LogP contribution in [0.3, 0.4) is 0 Å². The standard InChI is InChI=1S/C19H25NO/c1-15(2)18-8-4-17(5-9-18)14-20-13-12-16-6-10-19(21-3)11-7-16/h4-11,15,20H,12-14H2,1-3H3/p+1. The van der Waals surface area contributed by atoms with Crippen LogP contribution >= 0.6 is 0 Å². The Bertz CT molecular complexity index is 528. The molecule has 112 valence electrons. The summed E-state index contributed by atoms with van der Waals surface area (Å²) in [7, 11) is 1.70. The highest BCUT2D eigenvalue weighted by molar-refractivity contribution is 5.27. The third-order valence-electron chi connectivity index (χ3n) is 3.82. The number of methoxy groups -OCH3 is 1. The Morgan fingerprint density at radius 1 is 0.905 bits per heavy atom. The van der Waals surface area contributed by atoms with Gasteiger partial charge in [0, 0.05) is 12.0 Å². The SMILES string of the molecule is COc1ccc(CC[NH2+]Cc2ccc(C(C)C)cc2)cc1. The van der Waals surface area contributed by atoms with E-state index in [2.05, 4.69) is 55.6 Å². The second-order valence-corrected chi connectivity index (χ2v) is 5.78. The molecule has 2 aromatic rings. The highest BCUT2D eigenvalue weighted by atomic mass is 16.5. The first kappa shape index (κ1) is 15.6. The molecule has 0 aromatic heterocycles. The molecule has 0 amide bonds. The predicted octanol–water partition coefficient (Wildman–Crippen LogP) is 3.12. The van der Waals surface area contributed by atoms with Crippen LogP contribution in [-0.4, -0.2) is 13.7 Å². The molecule has 0 aliphatic heterocycles. The van der Waals surface area contributed by atoms with E-state index < -0.39 is 0 Å². The van der Waals surface area contributed by atoms with Crippen LogP contribution in [0.1, 0.15) is 36.5 Å². The van der Waals surface area contributed by atoms with Crippen LogP contribution in [0.25, 0.3) is 0 Å². The van der Waals surface area contributed by atoms with Crippen molar-refractivity contribution in [2.24, 2.45) is 0 Å². The maximum absolute atomic E-state index is 5.17. The molecule has 0 saturated carbocycles. The van der Waals surface area contributed by atoms with Crippen molar-refractivity contribution < 1.29 is 10.1 Å². The lowest BCUT2D eigenvalue weighted by molar-refractivity contribution is -0.670. The minimum Gasteiger partial charge on any atom is -0.497 e. The number of hydrogen-bond donors (Lipinski definition) is 1. The molecule has 0 aliphatic rings. The number of nitrogens with two attached hydrogens (primary N) is 1. The molecule has 0 fully saturated rings. The number of rotatable bonds is 7. The summed E-state index contributed by atoms with van der Waals surface area (Å²) in [6.07, 6.45) is 1.09. The van der Waals surface area contributed by atoms with Crippen LogP contribution in [0.2, 0.25) is 0 Å². The van der Waals surface area contributed by atoms with E-state index in [-0.39, 0.29) is 0 Å². The Labute approximate surface area is 128 Å². The minimum absolute atomic E-state index is 0.609. The van der Waals surface area contributed by atoms with Gasteiger partial charge in [0.05, 0.1) is 13.7 Å². The fraction of sp³-hybridized carbons (Fsp3) is 0.368. The van der Waals surface area contributed by atoms with Gasteiger partial charge < -0.3 is 10.1 Å². The zero-order chi connectivity index (χ0) is 15.1. The Morgan fingerprint density at radius 2 is 1.52 bits per heavy atom. The van der Waals surface area contributed by atoms with E-state index in [1.54, 1.807) is 7.11 Å². The molecule has 0 unspecified atom stereocenters. The fourth-order valence-electron chi connectivity index (χ4n) is 2.37. The topological polar surface area (TPSA) is 25.8 Å². The molecule has 0 aliphatic carbocycles. The van der Waals surface area contributed by atoms with Gasteiger partial charge >= 0.3 is 0 Å². The first-order chi connectivity index (χ1) is 10.2. The van der Waals surface area contributed by atoms with Crippen molar-refractivity contribution in [1.29, 1.82) is 0 Å². The zero-order valence-electron chi connectivity index (χ0n) is 13.3. The van der Waals surface area contributed by atoms with Crippen LogP contribution in [0, 0.1) is 0 Å². The van der Waals surface area contributed by atoms with Crippen LogP contribution in [-0.2, 0) is 13.0 Å². The molecule has 2 heteroatoms. The molecular weight excluding hydrogens is 258 g/mol. The molecule has 0 radical (unpaired) electrons. The Morgan fingerprint density at radius 3 is 2.10 bits per heavy atom. The van der Waals surface area contributed by atoms with Crippen molar-refractivity contribution in [2.45, 2.75) is 32.7 Å². The van der Waals surface area contributed by atoms with Gasteiger partial charge in [-0.05, 0) is 29.2 Å². The number of benzene rings is 2. The summed E-state index contributed by atoms with van der Waals surface area (Å²) in [5, 5.41) is 2.37. The van der Waals surface area contributed by atoms with Gasteiger partial charge in [-0.25, -0.2) is 0 Å². The molecule has 2 N–H and O–H groups in total. The molecule has 0 spiro atoms. The maximum atomic E-state index is 5.17. The Kier molecular flexibility index (Phi) is 5.82. The molecular formula is C19H26NO+. The van der Waals surface area contributed by atoms with Crippen LogP contribution in [0.15, 0.2) is 48.5 Å². The first-order valence-electron chi connectivity index (χ1n) is 7.72. The van der Waals surface area contributed by atoms with E-state index in [0.717, 1.165) is 25.3 Å². The predicted molar refractivity (Wildman–Crippen MR) is 87.7 cm³/mol. The van der Waals surface area contributed by atoms with Gasteiger partial charge in [-0.1, -0.05) is 50.2 Å². The summed E-state index contributed by atoms with van der Waals surface area (Å²) in [4.78, 5) is 0. The Hall–Kier alpha value is -1.80. The number of ether oxygens (including phenoxy) is 1. The quantitative estimate of drug-likeness (QED) is 0.777. The van der Waals surface area contributed by atoms with Gasteiger partial charge in [0.2, 0.25) is 0 Å². The summed E-state index contributed by atoms with van der Waals surface area (Å²) in [6.45, 7) is 6.62. The average molecular weight is 284 g/mol. The lowest BCUT2D eigenvalue weighted by atomic mass is 10.0. The van der Waals surface area contributed by atoms with Crippen molar-refractivity contribution in [1.82, 2.24) is 0 Å². The van der Waals surface area contributed by atoms with Gasteiger partial charge in [-0.2, -0.15) is 0 Å². The smallest absolute Gasteiger partial charge is 0.118 e. The van der Waals surface area contributed by atoms with Crippen molar-refractivity contribution in [2.75, 3.05) is 13.7 Å². The van der Waals surface area contributed by atoms with E-state index in [1.165, 1.54) is 16.7 Å². The van der Waals surface area contributed by atoms with E-state index in [4.69, 9.17) is 4.74 Å². The molecule has 21 heavy (non-hydrogen) atoms. The van der Waals surface area contributed by atoms with Crippen molar-refractivity contribution in [3.8, 4) is 5.75 Å². The van der Waals surface area contributed by atoms with Gasteiger partial charge in [-0.3, -0.25) is 0 Å². The second-order valence-electron chi connectivity index (χ2n) is 5.78. The largest absolute Gasteiger partial charge is 0.497 e. The molecule has 0 heterocycles. The molecule has 0 saturated heterocycles. The first-order valence-corrected chi connectivity index (χ1v) is 7.72. The molecule has 2 aromatic carbocycles. The lowest BCUT2D eigenvalue weighted by Crippen LogP contribution is -2.83. The van der Waals surface area contributed by atoms with Crippen molar-refractivity contribution >= 4 is 0 Å². The minimum atomic E-state index is 0.609. The number of hydrogen-bond acceptors (Lipinski definition) is 1. The third kappa shape index (κ3) is 4.91. The van der Waals surface area contributed by atoms with Crippen LogP contribution in [0.4, 0.5) is 0 Å². The summed E-state index contributed by atoms with van der Waals surface area (Å²) < 4.78 is 5.17. The van der Waals surface area contributed by atoms with Gasteiger partial charge in [0.15, 0.2) is 0 Å². The maximum Gasteiger partial charge on any atom is 0.118 e. The van der Waals surface area contributed by atoms with Gasteiger partial charge in [-0.15, -0.1) is 0 Å². The Balaban J connectivity index is 1.73. The summed E-state index contributed by atoms with van der Waals surface area (Å²) in [5.41, 5.74) is 4.17. The second kappa shape index (κ2) is 7.84. The van der Waals surface area contributed by atoms with E-state index in [0.29, 0.717) is 5.92 Å². The van der Waals surface area contributed by atoms with Crippen molar-refractivity contribution in [3.05, 3.63) is 65.2 Å². The lowest BCUT2D eigenvalue weighted by Gasteiger charge is -2.07. The molecule has 0 atom stereocenters. The molecule has 2 nitrogen and oxygen atoms in total. The van der Waals surface area contributed by atoms with Crippen LogP contribution < -0.4 is 10.1 Å². The summed E-state index contributed by atoms with van der Waals surface area (Å²) in [6, 6.07) is 17.3. The fourth-order valence-corrected chi connectivity index (χ4v) is 2.37. The van der Waals surface area contributed by atoms with Crippen LogP contribution in [0.5, 0.6) is 5.75 Å². The highest BCUT2D eigenvalue weighted by Gasteiger charge is 2.01. The average Bonchev–Trinajstić information content (AvgIpc) is 2.52. The summed E-state index contributed by atoms with van der Waals surface area (Å²) in [5.74, 6) is 1.53. The normalized spacial score (nSPS) is 10.9. The van der Waals surface area contributed by atoms with E-state index >= 15 is 0 Å². The van der Waals surface area contributed by atoms with E-state index in [9.17, 15) is 0 Å². The summed E-state index contributed by atoms with van der Waals surface area (Å²) >= 11 is 0. The van der Waals surface area contributed by atoms with E-state index in [1.807, 2.05) is 12.1 Å².